The van der Waals surface area contributed by atoms with Gasteiger partial charge in [0.05, 0.1) is 18.4 Å². The van der Waals surface area contributed by atoms with E-state index in [9.17, 15) is 13.2 Å². The fraction of sp³-hybridized carbons (Fsp3) is 0.571. The molecule has 5 heterocycles. The van der Waals surface area contributed by atoms with Crippen molar-refractivity contribution in [2.45, 2.75) is 44.7 Å². The van der Waals surface area contributed by atoms with E-state index in [1.807, 2.05) is 0 Å². The van der Waals surface area contributed by atoms with Gasteiger partial charge in [-0.3, -0.25) is 0 Å². The summed E-state index contributed by atoms with van der Waals surface area (Å²) in [6.45, 7) is 4.94. The van der Waals surface area contributed by atoms with Gasteiger partial charge in [0.1, 0.15) is 5.82 Å². The molecule has 2 N–H and O–H groups in total. The standard InChI is InChI=1S/C21H25F3N6O2/c1-2-15-11-29(3-4-31-15)18-8-16(27-20(28-18)30-10-12-5-14(30)6-12)13-7-17(19(25)26-9-13)32-21(22,23)24/h7-9,12,14-15H,2-6,10-11H2,1H3,(H2,25,26)/t12?,14?,15-/m0/s1. The lowest BCUT2D eigenvalue weighted by Crippen LogP contribution is -2.43. The number of alkyl halides is 3. The van der Waals surface area contributed by atoms with Crippen molar-refractivity contribution in [1.29, 1.82) is 0 Å². The van der Waals surface area contributed by atoms with Crippen molar-refractivity contribution in [3.8, 4) is 17.0 Å². The van der Waals surface area contributed by atoms with Gasteiger partial charge < -0.3 is 25.0 Å². The number of nitrogens with zero attached hydrogens (tertiary/aromatic N) is 5. The third-order valence-corrected chi connectivity index (χ3v) is 6.39. The number of hydrogen-bond acceptors (Lipinski definition) is 8. The summed E-state index contributed by atoms with van der Waals surface area (Å²) in [5.41, 5.74) is 6.47. The molecule has 1 aliphatic carbocycles. The molecule has 4 aliphatic rings. The van der Waals surface area contributed by atoms with Crippen LogP contribution < -0.4 is 20.3 Å². The maximum Gasteiger partial charge on any atom is 0.573 e. The molecule has 2 aromatic rings. The number of pyridine rings is 1. The fourth-order valence-corrected chi connectivity index (χ4v) is 4.61. The monoisotopic (exact) mass is 450 g/mol. The summed E-state index contributed by atoms with van der Waals surface area (Å²) in [7, 11) is 0. The van der Waals surface area contributed by atoms with E-state index in [-0.39, 0.29) is 11.9 Å². The highest BCUT2D eigenvalue weighted by molar-refractivity contribution is 5.68. The first-order valence-corrected chi connectivity index (χ1v) is 10.8. The molecular formula is C21H25F3N6O2. The molecule has 1 atom stereocenters. The number of anilines is 3. The minimum Gasteiger partial charge on any atom is -0.402 e. The number of halogens is 3. The average molecular weight is 450 g/mol. The predicted octanol–water partition coefficient (Wildman–Crippen LogP) is 3.23. The minimum atomic E-state index is -4.87. The lowest BCUT2D eigenvalue weighted by molar-refractivity contribution is -0.274. The lowest BCUT2D eigenvalue weighted by Gasteiger charge is -2.34. The summed E-state index contributed by atoms with van der Waals surface area (Å²) in [5.74, 6) is 1.11. The largest absolute Gasteiger partial charge is 0.573 e. The van der Waals surface area contributed by atoms with Gasteiger partial charge in [0.2, 0.25) is 5.95 Å². The van der Waals surface area contributed by atoms with Crippen molar-refractivity contribution >= 4 is 17.6 Å². The van der Waals surface area contributed by atoms with Crippen molar-refractivity contribution in [2.75, 3.05) is 41.8 Å². The van der Waals surface area contributed by atoms with Crippen LogP contribution in [0.4, 0.5) is 30.8 Å². The van der Waals surface area contributed by atoms with Crippen LogP contribution in [0.1, 0.15) is 26.2 Å². The Kier molecular flexibility index (Phi) is 5.23. The number of ether oxygens (including phenoxy) is 2. The second-order valence-corrected chi connectivity index (χ2v) is 8.56. The van der Waals surface area contributed by atoms with Crippen LogP contribution in [-0.4, -0.2) is 59.7 Å². The van der Waals surface area contributed by atoms with Gasteiger partial charge in [-0.05, 0) is 31.2 Å². The maximum absolute atomic E-state index is 12.8. The van der Waals surface area contributed by atoms with Crippen molar-refractivity contribution in [3.05, 3.63) is 18.3 Å². The highest BCUT2D eigenvalue weighted by Crippen LogP contribution is 2.43. The van der Waals surface area contributed by atoms with E-state index in [4.69, 9.17) is 20.4 Å². The Bertz CT molecular complexity index is 998. The molecule has 0 unspecified atom stereocenters. The Balaban J connectivity index is 1.53. The molecule has 0 aromatic carbocycles. The molecule has 172 valence electrons. The third-order valence-electron chi connectivity index (χ3n) is 6.39. The molecule has 3 aliphatic heterocycles. The van der Waals surface area contributed by atoms with Crippen molar-refractivity contribution in [3.63, 3.8) is 0 Å². The summed E-state index contributed by atoms with van der Waals surface area (Å²) in [5, 5.41) is 0. The van der Waals surface area contributed by atoms with E-state index in [1.165, 1.54) is 12.3 Å². The summed E-state index contributed by atoms with van der Waals surface area (Å²) in [4.78, 5) is 17.8. The number of nitrogens with two attached hydrogens (primary N) is 1. The number of nitrogen functional groups attached to an aromatic ring is 1. The van der Waals surface area contributed by atoms with Crippen LogP contribution in [0, 0.1) is 5.92 Å². The minimum absolute atomic E-state index is 0.107. The predicted molar refractivity (Wildman–Crippen MR) is 112 cm³/mol. The molecule has 2 bridgehead atoms. The highest BCUT2D eigenvalue weighted by atomic mass is 19.4. The first-order valence-electron chi connectivity index (χ1n) is 10.8. The average Bonchev–Trinajstić information content (AvgIpc) is 3.36. The SMILES string of the molecule is CC[C@H]1CN(c2cc(-c3cnc(N)c(OC(F)(F)F)c3)nc(N3CC4CC3C4)n2)CCO1. The van der Waals surface area contributed by atoms with E-state index >= 15 is 0 Å². The van der Waals surface area contributed by atoms with Crippen LogP contribution >= 0.6 is 0 Å². The number of fused-ring (bicyclic) bond motifs is 1. The maximum atomic E-state index is 12.8. The van der Waals surface area contributed by atoms with Gasteiger partial charge in [-0.25, -0.2) is 9.97 Å². The lowest BCUT2D eigenvalue weighted by atomic mass is 9.86. The van der Waals surface area contributed by atoms with Gasteiger partial charge in [-0.1, -0.05) is 6.92 Å². The van der Waals surface area contributed by atoms with Gasteiger partial charge in [0.25, 0.3) is 0 Å². The number of aromatic nitrogens is 3. The molecule has 0 radical (unpaired) electrons. The van der Waals surface area contributed by atoms with Crippen LogP contribution in [-0.2, 0) is 4.74 Å². The highest BCUT2D eigenvalue weighted by Gasteiger charge is 2.44. The number of rotatable bonds is 5. The Hall–Kier alpha value is -2.82. The second kappa shape index (κ2) is 7.95. The van der Waals surface area contributed by atoms with Gasteiger partial charge in [0.15, 0.2) is 11.6 Å². The smallest absolute Gasteiger partial charge is 0.402 e. The van der Waals surface area contributed by atoms with Crippen LogP contribution in [0.5, 0.6) is 5.75 Å². The van der Waals surface area contributed by atoms with Crippen LogP contribution in [0.25, 0.3) is 11.3 Å². The molecule has 32 heavy (non-hydrogen) atoms. The van der Waals surface area contributed by atoms with E-state index in [1.54, 1.807) is 6.07 Å². The zero-order valence-electron chi connectivity index (χ0n) is 17.7. The molecule has 4 fully saturated rings. The van der Waals surface area contributed by atoms with Gasteiger partial charge in [-0.2, -0.15) is 4.98 Å². The van der Waals surface area contributed by atoms with Crippen LogP contribution in [0.15, 0.2) is 18.3 Å². The molecule has 11 heteroatoms. The summed E-state index contributed by atoms with van der Waals surface area (Å²) in [6, 6.07) is 3.43. The van der Waals surface area contributed by atoms with Crippen LogP contribution in [0.3, 0.4) is 0 Å². The van der Waals surface area contributed by atoms with Crippen molar-refractivity contribution in [2.24, 2.45) is 5.92 Å². The zero-order valence-corrected chi connectivity index (χ0v) is 17.7. The second-order valence-electron chi connectivity index (χ2n) is 8.56. The Morgan fingerprint density at radius 2 is 2.03 bits per heavy atom. The number of hydrogen-bond donors (Lipinski definition) is 1. The third kappa shape index (κ3) is 4.13. The molecule has 2 aromatic heterocycles. The molecule has 8 nitrogen and oxygen atoms in total. The van der Waals surface area contributed by atoms with E-state index in [0.717, 1.165) is 31.6 Å². The first kappa shape index (κ1) is 21.0. The molecule has 3 saturated heterocycles. The molecule has 6 rings (SSSR count). The zero-order chi connectivity index (χ0) is 22.5. The van der Waals surface area contributed by atoms with Crippen molar-refractivity contribution < 1.29 is 22.6 Å². The Morgan fingerprint density at radius 3 is 2.72 bits per heavy atom. The summed E-state index contributed by atoms with van der Waals surface area (Å²) < 4.78 is 48.2. The molecular weight excluding hydrogens is 425 g/mol. The quantitative estimate of drug-likeness (QED) is 0.743. The van der Waals surface area contributed by atoms with Gasteiger partial charge in [-0.15, -0.1) is 13.2 Å². The topological polar surface area (TPSA) is 89.6 Å². The van der Waals surface area contributed by atoms with Gasteiger partial charge in [0, 0.05) is 43.5 Å². The fourth-order valence-electron chi connectivity index (χ4n) is 4.61. The van der Waals surface area contributed by atoms with Crippen molar-refractivity contribution in [1.82, 2.24) is 15.0 Å². The molecule has 0 spiro atoms. The summed E-state index contributed by atoms with van der Waals surface area (Å²) in [6.07, 6.45) is -0.202. The van der Waals surface area contributed by atoms with E-state index < -0.39 is 12.1 Å². The Labute approximate surface area is 183 Å². The normalized spacial score (nSPS) is 25.1. The number of morpholine rings is 1. The summed E-state index contributed by atoms with van der Waals surface area (Å²) >= 11 is 0. The Morgan fingerprint density at radius 1 is 1.22 bits per heavy atom. The van der Waals surface area contributed by atoms with E-state index in [0.29, 0.717) is 48.9 Å². The first-order chi connectivity index (χ1) is 15.3. The van der Waals surface area contributed by atoms with Crippen LogP contribution in [0.2, 0.25) is 0 Å². The molecule has 0 amide bonds. The van der Waals surface area contributed by atoms with Gasteiger partial charge >= 0.3 is 6.36 Å². The van der Waals surface area contributed by atoms with E-state index in [2.05, 4.69) is 26.4 Å². The molecule has 1 saturated carbocycles.